The van der Waals surface area contributed by atoms with E-state index in [0.717, 1.165) is 24.8 Å². The third-order valence-corrected chi connectivity index (χ3v) is 4.63. The van der Waals surface area contributed by atoms with Crippen molar-refractivity contribution in [3.63, 3.8) is 0 Å². The fourth-order valence-corrected chi connectivity index (χ4v) is 3.10. The first kappa shape index (κ1) is 13.9. The van der Waals surface area contributed by atoms with Gasteiger partial charge < -0.3 is 10.1 Å². The van der Waals surface area contributed by atoms with E-state index in [9.17, 15) is 0 Å². The summed E-state index contributed by atoms with van der Waals surface area (Å²) in [6.45, 7) is 8.70. The lowest BCUT2D eigenvalue weighted by molar-refractivity contribution is 0.291. The minimum atomic E-state index is 0.153. The largest absolute Gasteiger partial charge is 0.492 e. The van der Waals surface area contributed by atoms with E-state index < -0.39 is 0 Å². The Hall–Kier alpha value is -1.02. The first-order chi connectivity index (χ1) is 9.60. The number of hydrogen-bond donors (Lipinski definition) is 1. The van der Waals surface area contributed by atoms with Gasteiger partial charge in [-0.15, -0.1) is 0 Å². The summed E-state index contributed by atoms with van der Waals surface area (Å²) in [5.41, 5.74) is 2.98. The van der Waals surface area contributed by atoms with Gasteiger partial charge in [0.05, 0.1) is 6.61 Å². The molecule has 1 unspecified atom stereocenters. The summed E-state index contributed by atoms with van der Waals surface area (Å²) in [5.74, 6) is 2.03. The van der Waals surface area contributed by atoms with E-state index in [1.165, 1.54) is 36.8 Å². The molecule has 2 heteroatoms. The predicted octanol–water partition coefficient (Wildman–Crippen LogP) is 4.20. The molecule has 110 valence electrons. The summed E-state index contributed by atoms with van der Waals surface area (Å²) >= 11 is 0. The van der Waals surface area contributed by atoms with Crippen molar-refractivity contribution >= 4 is 0 Å². The number of ether oxygens (including phenoxy) is 1. The van der Waals surface area contributed by atoms with Crippen LogP contribution >= 0.6 is 0 Å². The summed E-state index contributed by atoms with van der Waals surface area (Å²) in [7, 11) is 0. The van der Waals surface area contributed by atoms with Crippen LogP contribution in [0.1, 0.15) is 63.6 Å². The minimum absolute atomic E-state index is 0.153. The molecule has 0 aromatic heterocycles. The topological polar surface area (TPSA) is 21.3 Å². The monoisotopic (exact) mass is 273 g/mol. The molecule has 1 atom stereocenters. The molecule has 2 nitrogen and oxygen atoms in total. The zero-order valence-electron chi connectivity index (χ0n) is 13.0. The van der Waals surface area contributed by atoms with Crippen molar-refractivity contribution in [2.75, 3.05) is 13.2 Å². The second kappa shape index (κ2) is 5.40. The van der Waals surface area contributed by atoms with E-state index >= 15 is 0 Å². The summed E-state index contributed by atoms with van der Waals surface area (Å²) in [5, 5.41) is 3.73. The molecular formula is C18H27NO. The van der Waals surface area contributed by atoms with E-state index in [1.807, 2.05) is 0 Å². The predicted molar refractivity (Wildman–Crippen MR) is 83.3 cm³/mol. The van der Waals surface area contributed by atoms with Crippen LogP contribution in [0, 0.1) is 5.92 Å². The van der Waals surface area contributed by atoms with Gasteiger partial charge in [-0.05, 0) is 43.0 Å². The van der Waals surface area contributed by atoms with Crippen LogP contribution < -0.4 is 10.1 Å². The standard InChI is InChI=1S/C18H27NO/c1-4-9-19-16(10-13-5-6-13)14-7-8-17-15(11-14)18(2,3)12-20-17/h7-8,11,13,16,19H,4-6,9-10,12H2,1-3H3. The highest BCUT2D eigenvalue weighted by molar-refractivity contribution is 5.45. The Labute approximate surface area is 122 Å². The van der Waals surface area contributed by atoms with Crippen LogP contribution in [0.15, 0.2) is 18.2 Å². The highest BCUT2D eigenvalue weighted by Gasteiger charge is 2.33. The Morgan fingerprint density at radius 1 is 1.35 bits per heavy atom. The minimum Gasteiger partial charge on any atom is -0.492 e. The summed E-state index contributed by atoms with van der Waals surface area (Å²) in [6.07, 6.45) is 5.33. The quantitative estimate of drug-likeness (QED) is 0.839. The van der Waals surface area contributed by atoms with E-state index in [2.05, 4.69) is 44.3 Å². The molecule has 1 saturated carbocycles. The normalized spacial score (nSPS) is 21.4. The molecular weight excluding hydrogens is 246 g/mol. The van der Waals surface area contributed by atoms with Crippen molar-refractivity contribution in [2.45, 2.75) is 57.9 Å². The molecule has 1 aromatic rings. The molecule has 3 rings (SSSR count). The Kier molecular flexibility index (Phi) is 3.76. The van der Waals surface area contributed by atoms with E-state index in [4.69, 9.17) is 4.74 Å². The molecule has 0 saturated heterocycles. The molecule has 1 aliphatic carbocycles. The summed E-state index contributed by atoms with van der Waals surface area (Å²) in [6, 6.07) is 7.34. The van der Waals surface area contributed by atoms with Crippen LogP contribution in [0.5, 0.6) is 5.75 Å². The van der Waals surface area contributed by atoms with Crippen LogP contribution in [0.2, 0.25) is 0 Å². The maximum absolute atomic E-state index is 5.80. The lowest BCUT2D eigenvalue weighted by Crippen LogP contribution is -2.23. The molecule has 1 heterocycles. The molecule has 1 aromatic carbocycles. The summed E-state index contributed by atoms with van der Waals surface area (Å²) < 4.78 is 5.80. The average Bonchev–Trinajstić information content (AvgIpc) is 3.20. The van der Waals surface area contributed by atoms with E-state index in [0.29, 0.717) is 6.04 Å². The van der Waals surface area contributed by atoms with Gasteiger partial charge in [0.2, 0.25) is 0 Å². The molecule has 0 radical (unpaired) electrons. The molecule has 0 bridgehead atoms. The average molecular weight is 273 g/mol. The van der Waals surface area contributed by atoms with Crippen LogP contribution in [0.25, 0.3) is 0 Å². The lowest BCUT2D eigenvalue weighted by atomic mass is 9.85. The molecule has 20 heavy (non-hydrogen) atoms. The molecule has 0 amide bonds. The highest BCUT2D eigenvalue weighted by atomic mass is 16.5. The fraction of sp³-hybridized carbons (Fsp3) is 0.667. The van der Waals surface area contributed by atoms with Crippen LogP contribution in [0.3, 0.4) is 0 Å². The Bertz CT molecular complexity index is 476. The van der Waals surface area contributed by atoms with Crippen molar-refractivity contribution in [1.82, 2.24) is 5.32 Å². The Morgan fingerprint density at radius 2 is 2.15 bits per heavy atom. The first-order valence-corrected chi connectivity index (χ1v) is 8.11. The van der Waals surface area contributed by atoms with Gasteiger partial charge in [0.15, 0.2) is 0 Å². The van der Waals surface area contributed by atoms with Crippen molar-refractivity contribution in [3.05, 3.63) is 29.3 Å². The van der Waals surface area contributed by atoms with Gasteiger partial charge in [-0.3, -0.25) is 0 Å². The zero-order chi connectivity index (χ0) is 14.2. The van der Waals surface area contributed by atoms with Crippen molar-refractivity contribution in [1.29, 1.82) is 0 Å². The third kappa shape index (κ3) is 2.85. The number of rotatable bonds is 6. The Balaban J connectivity index is 1.83. The van der Waals surface area contributed by atoms with Gasteiger partial charge >= 0.3 is 0 Å². The molecule has 1 aliphatic heterocycles. The number of hydrogen-bond acceptors (Lipinski definition) is 2. The highest BCUT2D eigenvalue weighted by Crippen LogP contribution is 2.42. The van der Waals surface area contributed by atoms with Crippen molar-refractivity contribution in [2.24, 2.45) is 5.92 Å². The zero-order valence-corrected chi connectivity index (χ0v) is 13.0. The maximum Gasteiger partial charge on any atom is 0.123 e. The SMILES string of the molecule is CCCNC(CC1CC1)c1ccc2c(c1)C(C)(C)CO2. The van der Waals surface area contributed by atoms with Gasteiger partial charge in [-0.1, -0.05) is 39.7 Å². The van der Waals surface area contributed by atoms with Gasteiger partial charge in [-0.2, -0.15) is 0 Å². The van der Waals surface area contributed by atoms with Crippen molar-refractivity contribution in [3.8, 4) is 5.75 Å². The molecule has 2 aliphatic rings. The van der Waals surface area contributed by atoms with Gasteiger partial charge in [0.25, 0.3) is 0 Å². The molecule has 1 N–H and O–H groups in total. The molecule has 1 fully saturated rings. The summed E-state index contributed by atoms with van der Waals surface area (Å²) in [4.78, 5) is 0. The third-order valence-electron chi connectivity index (χ3n) is 4.63. The van der Waals surface area contributed by atoms with Crippen molar-refractivity contribution < 1.29 is 4.74 Å². The van der Waals surface area contributed by atoms with Gasteiger partial charge in [0.1, 0.15) is 5.75 Å². The number of benzene rings is 1. The Morgan fingerprint density at radius 3 is 2.85 bits per heavy atom. The van der Waals surface area contributed by atoms with Crippen LogP contribution in [0.4, 0.5) is 0 Å². The first-order valence-electron chi connectivity index (χ1n) is 8.11. The van der Waals surface area contributed by atoms with Gasteiger partial charge in [-0.25, -0.2) is 0 Å². The molecule has 0 spiro atoms. The second-order valence-electron chi connectivity index (χ2n) is 7.11. The lowest BCUT2D eigenvalue weighted by Gasteiger charge is -2.21. The number of nitrogens with one attached hydrogen (secondary N) is 1. The van der Waals surface area contributed by atoms with Crippen LogP contribution in [-0.4, -0.2) is 13.2 Å². The number of fused-ring (bicyclic) bond motifs is 1. The fourth-order valence-electron chi connectivity index (χ4n) is 3.10. The maximum atomic E-state index is 5.80. The van der Waals surface area contributed by atoms with Gasteiger partial charge in [0, 0.05) is 17.0 Å². The van der Waals surface area contributed by atoms with E-state index in [-0.39, 0.29) is 5.41 Å². The second-order valence-corrected chi connectivity index (χ2v) is 7.11. The van der Waals surface area contributed by atoms with Crippen LogP contribution in [-0.2, 0) is 5.41 Å². The van der Waals surface area contributed by atoms with E-state index in [1.54, 1.807) is 0 Å². The smallest absolute Gasteiger partial charge is 0.123 e.